The zero-order valence-corrected chi connectivity index (χ0v) is 10.1. The average Bonchev–Trinajstić information content (AvgIpc) is 2.45. The van der Waals surface area contributed by atoms with Gasteiger partial charge in [-0.2, -0.15) is 0 Å². The van der Waals surface area contributed by atoms with E-state index in [9.17, 15) is 0 Å². The van der Waals surface area contributed by atoms with E-state index in [1.807, 2.05) is 0 Å². The highest BCUT2D eigenvalue weighted by Gasteiger charge is 2.41. The third-order valence-electron chi connectivity index (χ3n) is 2.79. The maximum atomic E-state index is 6.05. The predicted molar refractivity (Wildman–Crippen MR) is 56.3 cm³/mol. The molecule has 74 valence electrons. The molecule has 0 amide bonds. The van der Waals surface area contributed by atoms with Crippen molar-refractivity contribution < 1.29 is 4.43 Å². The van der Waals surface area contributed by atoms with Crippen molar-refractivity contribution in [3.05, 3.63) is 0 Å². The third-order valence-corrected chi connectivity index (χ3v) is 7.33. The quantitative estimate of drug-likeness (QED) is 0.677. The minimum Gasteiger partial charge on any atom is -0.414 e. The molecule has 3 heteroatoms. The predicted octanol–water partition coefficient (Wildman–Crippen LogP) is 3.33. The van der Waals surface area contributed by atoms with E-state index >= 15 is 0 Å². The van der Waals surface area contributed by atoms with Gasteiger partial charge >= 0.3 is 0 Å². The lowest BCUT2D eigenvalue weighted by atomic mass is 10.2. The van der Waals surface area contributed by atoms with Crippen LogP contribution in [0.5, 0.6) is 0 Å². The van der Waals surface area contributed by atoms with Crippen LogP contribution in [0, 0.1) is 0 Å². The summed E-state index contributed by atoms with van der Waals surface area (Å²) in [4.78, 5) is 0. The molecule has 3 N–H and O–H groups in total. The van der Waals surface area contributed by atoms with Gasteiger partial charge in [-0.15, -0.1) is 0 Å². The van der Waals surface area contributed by atoms with E-state index in [-0.39, 0.29) is 6.15 Å². The smallest absolute Gasteiger partial charge is 0.192 e. The van der Waals surface area contributed by atoms with Gasteiger partial charge in [0.15, 0.2) is 8.32 Å². The molecule has 1 saturated carbocycles. The first-order valence-electron chi connectivity index (χ1n) is 4.51. The van der Waals surface area contributed by atoms with Gasteiger partial charge in [-0.1, -0.05) is 20.8 Å². The lowest BCUT2D eigenvalue weighted by Crippen LogP contribution is -2.41. The van der Waals surface area contributed by atoms with Crippen LogP contribution in [0.3, 0.4) is 0 Å². The van der Waals surface area contributed by atoms with Crippen molar-refractivity contribution in [2.24, 2.45) is 0 Å². The Bertz CT molecular complexity index is 147. The van der Waals surface area contributed by atoms with Crippen LogP contribution in [-0.4, -0.2) is 14.4 Å². The third kappa shape index (κ3) is 2.88. The molecule has 1 rings (SSSR count). The summed E-state index contributed by atoms with van der Waals surface area (Å²) in [6.45, 7) is 11.5. The van der Waals surface area contributed by atoms with E-state index in [1.54, 1.807) is 0 Å². The first-order valence-corrected chi connectivity index (χ1v) is 7.41. The molecule has 0 bridgehead atoms. The van der Waals surface area contributed by atoms with E-state index in [4.69, 9.17) is 4.43 Å². The van der Waals surface area contributed by atoms with E-state index in [1.165, 1.54) is 12.8 Å². The second-order valence-corrected chi connectivity index (χ2v) is 9.83. The maximum Gasteiger partial charge on any atom is 0.192 e. The van der Waals surface area contributed by atoms with Crippen molar-refractivity contribution in [1.29, 1.82) is 0 Å². The molecule has 0 unspecified atom stereocenters. The second-order valence-electron chi connectivity index (χ2n) is 5.08. The van der Waals surface area contributed by atoms with Crippen molar-refractivity contribution in [2.75, 3.05) is 0 Å². The molecule has 0 saturated heterocycles. The molecular formula is C9H23NOSi. The molecule has 0 aromatic carbocycles. The highest BCUT2D eigenvalue weighted by atomic mass is 28.4. The topological polar surface area (TPSA) is 44.2 Å². The van der Waals surface area contributed by atoms with Gasteiger partial charge in [-0.3, -0.25) is 0 Å². The molecule has 1 fully saturated rings. The van der Waals surface area contributed by atoms with Gasteiger partial charge in [0.1, 0.15) is 0 Å². The Morgan fingerprint density at radius 1 is 1.17 bits per heavy atom. The first kappa shape index (κ1) is 12.1. The van der Waals surface area contributed by atoms with Crippen LogP contribution in [0.1, 0.15) is 33.6 Å². The molecule has 0 spiro atoms. The lowest BCUT2D eigenvalue weighted by Gasteiger charge is -2.36. The molecule has 0 aromatic rings. The van der Waals surface area contributed by atoms with E-state index in [0.29, 0.717) is 11.1 Å². The first-order chi connectivity index (χ1) is 4.83. The molecule has 12 heavy (non-hydrogen) atoms. The monoisotopic (exact) mass is 189 g/mol. The van der Waals surface area contributed by atoms with Crippen LogP contribution in [0.15, 0.2) is 0 Å². The fraction of sp³-hybridized carbons (Fsp3) is 1.00. The Labute approximate surface area is 77.4 Å². The van der Waals surface area contributed by atoms with E-state index < -0.39 is 8.32 Å². The van der Waals surface area contributed by atoms with Gasteiger partial charge in [0, 0.05) is 6.10 Å². The summed E-state index contributed by atoms with van der Waals surface area (Å²) in [6, 6.07) is 0. The van der Waals surface area contributed by atoms with Crippen LogP contribution < -0.4 is 6.15 Å². The van der Waals surface area contributed by atoms with Crippen LogP contribution in [0.2, 0.25) is 18.1 Å². The largest absolute Gasteiger partial charge is 0.414 e. The zero-order valence-electron chi connectivity index (χ0n) is 9.11. The summed E-state index contributed by atoms with van der Waals surface area (Å²) in [6.07, 6.45) is 3.22. The number of rotatable bonds is 2. The highest BCUT2D eigenvalue weighted by Crippen LogP contribution is 2.40. The maximum absolute atomic E-state index is 6.05. The molecule has 1 aliphatic carbocycles. The molecule has 1 aliphatic rings. The van der Waals surface area contributed by atoms with Crippen molar-refractivity contribution >= 4 is 8.32 Å². The number of hydrogen-bond acceptors (Lipinski definition) is 2. The number of hydrogen-bond donors (Lipinski definition) is 1. The second kappa shape index (κ2) is 3.48. The van der Waals surface area contributed by atoms with Crippen LogP contribution >= 0.6 is 0 Å². The van der Waals surface area contributed by atoms with Gasteiger partial charge in [0.2, 0.25) is 0 Å². The van der Waals surface area contributed by atoms with Crippen LogP contribution in [0.4, 0.5) is 0 Å². The van der Waals surface area contributed by atoms with Crippen molar-refractivity contribution in [2.45, 2.75) is 57.8 Å². The normalized spacial score (nSPS) is 18.8. The van der Waals surface area contributed by atoms with Gasteiger partial charge < -0.3 is 10.6 Å². The summed E-state index contributed by atoms with van der Waals surface area (Å²) >= 11 is 0. The highest BCUT2D eigenvalue weighted by molar-refractivity contribution is 6.74. The van der Waals surface area contributed by atoms with Crippen molar-refractivity contribution in [3.8, 4) is 0 Å². The van der Waals surface area contributed by atoms with Gasteiger partial charge in [0.05, 0.1) is 0 Å². The molecule has 0 heterocycles. The summed E-state index contributed by atoms with van der Waals surface area (Å²) in [5.41, 5.74) is 0. The van der Waals surface area contributed by atoms with E-state index in [2.05, 4.69) is 33.9 Å². The summed E-state index contributed by atoms with van der Waals surface area (Å²) in [5.74, 6) is 0. The summed E-state index contributed by atoms with van der Waals surface area (Å²) in [7, 11) is -1.41. The summed E-state index contributed by atoms with van der Waals surface area (Å²) in [5, 5.41) is 0.385. The molecular weight excluding hydrogens is 166 g/mol. The molecule has 0 aliphatic heterocycles. The van der Waals surface area contributed by atoms with Crippen LogP contribution in [-0.2, 0) is 4.43 Å². The molecule has 2 nitrogen and oxygen atoms in total. The minimum atomic E-state index is -1.41. The minimum absolute atomic E-state index is 0. The Hall–Kier alpha value is 0.137. The Morgan fingerprint density at radius 2 is 1.58 bits per heavy atom. The van der Waals surface area contributed by atoms with Gasteiger partial charge in [-0.05, 0) is 31.0 Å². The van der Waals surface area contributed by atoms with E-state index in [0.717, 1.165) is 0 Å². The molecule has 0 atom stereocenters. The van der Waals surface area contributed by atoms with Crippen LogP contribution in [0.25, 0.3) is 0 Å². The standard InChI is InChI=1S/C9H20OSi.H3N/c1-9(2,3)11(4,5)10-8-6-7-8;/h8H,6-7H2,1-5H3;1H3. The van der Waals surface area contributed by atoms with Crippen molar-refractivity contribution in [3.63, 3.8) is 0 Å². The fourth-order valence-electron chi connectivity index (χ4n) is 0.779. The Balaban J connectivity index is 0.00000121. The lowest BCUT2D eigenvalue weighted by molar-refractivity contribution is 0.274. The van der Waals surface area contributed by atoms with Gasteiger partial charge in [0.25, 0.3) is 0 Å². The average molecular weight is 189 g/mol. The zero-order chi connectivity index (χ0) is 8.70. The van der Waals surface area contributed by atoms with Gasteiger partial charge in [-0.25, -0.2) is 0 Å². The molecule has 0 aromatic heterocycles. The summed E-state index contributed by atoms with van der Waals surface area (Å²) < 4.78 is 6.05. The Morgan fingerprint density at radius 3 is 1.83 bits per heavy atom. The Kier molecular flexibility index (Phi) is 3.52. The fourth-order valence-corrected chi connectivity index (χ4v) is 2.20. The molecule has 0 radical (unpaired) electrons. The SMILES string of the molecule is CC(C)(C)[Si](C)(C)OC1CC1.N. The van der Waals surface area contributed by atoms with Crippen molar-refractivity contribution in [1.82, 2.24) is 6.15 Å².